The van der Waals surface area contributed by atoms with Gasteiger partial charge >= 0.3 is 0 Å². The molecule has 2 fully saturated rings. The predicted octanol–water partition coefficient (Wildman–Crippen LogP) is 1.77. The lowest BCUT2D eigenvalue weighted by Crippen LogP contribution is -2.51. The zero-order valence-electron chi connectivity index (χ0n) is 13.9. The third-order valence-corrected chi connectivity index (χ3v) is 4.96. The van der Waals surface area contributed by atoms with Crippen molar-refractivity contribution >= 4 is 11.6 Å². The molecule has 1 N–H and O–H groups in total. The fourth-order valence-corrected chi connectivity index (χ4v) is 3.59. The van der Waals surface area contributed by atoms with E-state index in [-0.39, 0.29) is 5.91 Å². The maximum absolute atomic E-state index is 12.4. The van der Waals surface area contributed by atoms with Crippen LogP contribution < -0.4 is 4.90 Å². The molecule has 3 rings (SSSR count). The summed E-state index contributed by atoms with van der Waals surface area (Å²) < 4.78 is 0. The molecule has 0 aromatic heterocycles. The van der Waals surface area contributed by atoms with Gasteiger partial charge in [0.15, 0.2) is 0 Å². The van der Waals surface area contributed by atoms with E-state index in [4.69, 9.17) is 0 Å². The number of carbonyl (C=O) groups is 1. The van der Waals surface area contributed by atoms with Crippen molar-refractivity contribution in [2.45, 2.75) is 19.8 Å². The number of para-hydroxylation sites is 2. The average Bonchev–Trinajstić information content (AvgIpc) is 2.56. The van der Waals surface area contributed by atoms with Gasteiger partial charge in [-0.2, -0.15) is 0 Å². The quantitative estimate of drug-likeness (QED) is 0.923. The van der Waals surface area contributed by atoms with Crippen LogP contribution in [0.15, 0.2) is 24.3 Å². The molecule has 2 aliphatic rings. The van der Waals surface area contributed by atoms with Gasteiger partial charge < -0.3 is 14.9 Å². The van der Waals surface area contributed by atoms with Crippen LogP contribution in [-0.4, -0.2) is 66.6 Å². The number of hydrogen-bond donors (Lipinski definition) is 1. The molecule has 0 aliphatic carbocycles. The Bertz CT molecular complexity index is 541. The van der Waals surface area contributed by atoms with Crippen LogP contribution in [0.3, 0.4) is 0 Å². The van der Waals surface area contributed by atoms with E-state index < -0.39 is 0 Å². The molecule has 0 saturated carbocycles. The van der Waals surface area contributed by atoms with Crippen molar-refractivity contribution in [3.8, 4) is 5.75 Å². The van der Waals surface area contributed by atoms with Gasteiger partial charge in [-0.05, 0) is 30.9 Å². The monoisotopic (exact) mass is 317 g/mol. The second-order valence-electron chi connectivity index (χ2n) is 6.84. The summed E-state index contributed by atoms with van der Waals surface area (Å²) in [6.45, 7) is 8.01. The van der Waals surface area contributed by atoms with Gasteiger partial charge in [-0.3, -0.25) is 9.69 Å². The van der Waals surface area contributed by atoms with E-state index in [1.165, 1.54) is 6.42 Å². The average molecular weight is 317 g/mol. The SMILES string of the molecule is C[C@@H]1CCCN(C(=O)CN2CCN(c3ccccc3O)CC2)C1. The molecule has 2 saturated heterocycles. The summed E-state index contributed by atoms with van der Waals surface area (Å²) in [5.74, 6) is 1.23. The number of piperazine rings is 1. The summed E-state index contributed by atoms with van der Waals surface area (Å²) >= 11 is 0. The molecule has 126 valence electrons. The minimum atomic E-state index is 0.271. The van der Waals surface area contributed by atoms with E-state index in [1.54, 1.807) is 6.07 Å². The fourth-order valence-electron chi connectivity index (χ4n) is 3.59. The highest BCUT2D eigenvalue weighted by atomic mass is 16.3. The Morgan fingerprint density at radius 2 is 1.91 bits per heavy atom. The van der Waals surface area contributed by atoms with E-state index in [0.29, 0.717) is 18.2 Å². The number of phenols is 1. The van der Waals surface area contributed by atoms with Gasteiger partial charge in [0.05, 0.1) is 12.2 Å². The lowest BCUT2D eigenvalue weighted by molar-refractivity contribution is -0.134. The predicted molar refractivity (Wildman–Crippen MR) is 91.7 cm³/mol. The van der Waals surface area contributed by atoms with Crippen LogP contribution in [0, 0.1) is 5.92 Å². The van der Waals surface area contributed by atoms with Crippen molar-refractivity contribution in [2.24, 2.45) is 5.92 Å². The minimum Gasteiger partial charge on any atom is -0.506 e. The van der Waals surface area contributed by atoms with Crippen molar-refractivity contribution < 1.29 is 9.90 Å². The topological polar surface area (TPSA) is 47.0 Å². The summed E-state index contributed by atoms with van der Waals surface area (Å²) in [5.41, 5.74) is 0.892. The molecule has 0 bridgehead atoms. The fraction of sp³-hybridized carbons (Fsp3) is 0.611. The highest BCUT2D eigenvalue weighted by molar-refractivity contribution is 5.78. The summed E-state index contributed by atoms with van der Waals surface area (Å²) in [6.07, 6.45) is 2.37. The molecule has 0 spiro atoms. The van der Waals surface area contributed by atoms with Crippen LogP contribution in [0.5, 0.6) is 5.75 Å². The summed E-state index contributed by atoms with van der Waals surface area (Å²) in [7, 11) is 0. The maximum Gasteiger partial charge on any atom is 0.236 e. The van der Waals surface area contributed by atoms with Gasteiger partial charge in [0.1, 0.15) is 5.75 Å². The normalized spacial score (nSPS) is 23.1. The van der Waals surface area contributed by atoms with Gasteiger partial charge in [-0.25, -0.2) is 0 Å². The molecule has 23 heavy (non-hydrogen) atoms. The first kappa shape index (κ1) is 16.1. The third-order valence-electron chi connectivity index (χ3n) is 4.96. The van der Waals surface area contributed by atoms with Crippen molar-refractivity contribution in [1.82, 2.24) is 9.80 Å². The van der Waals surface area contributed by atoms with Crippen molar-refractivity contribution in [2.75, 3.05) is 50.7 Å². The molecular weight excluding hydrogens is 290 g/mol. The number of benzene rings is 1. The minimum absolute atomic E-state index is 0.271. The van der Waals surface area contributed by atoms with Crippen LogP contribution >= 0.6 is 0 Å². The number of rotatable bonds is 3. The van der Waals surface area contributed by atoms with Crippen LogP contribution in [0.2, 0.25) is 0 Å². The molecule has 0 unspecified atom stereocenters. The standard InChI is InChI=1S/C18H27N3O2/c1-15-5-4-8-21(13-15)18(23)14-19-9-11-20(12-10-19)16-6-2-3-7-17(16)22/h2-3,6-7,15,22H,4-5,8-14H2,1H3/t15-/m1/s1. The van der Waals surface area contributed by atoms with Crippen molar-refractivity contribution in [3.05, 3.63) is 24.3 Å². The smallest absolute Gasteiger partial charge is 0.236 e. The van der Waals surface area contributed by atoms with Crippen LogP contribution in [0.1, 0.15) is 19.8 Å². The first-order valence-electron chi connectivity index (χ1n) is 8.66. The highest BCUT2D eigenvalue weighted by Crippen LogP contribution is 2.27. The Morgan fingerprint density at radius 1 is 1.17 bits per heavy atom. The Kier molecular flexibility index (Phi) is 5.06. The molecule has 5 heteroatoms. The first-order valence-corrected chi connectivity index (χ1v) is 8.66. The van der Waals surface area contributed by atoms with Gasteiger partial charge in [-0.1, -0.05) is 19.1 Å². The Morgan fingerprint density at radius 3 is 2.61 bits per heavy atom. The molecule has 2 aliphatic heterocycles. The van der Waals surface area contributed by atoms with E-state index in [1.807, 2.05) is 23.1 Å². The van der Waals surface area contributed by atoms with E-state index in [2.05, 4.69) is 16.7 Å². The Balaban J connectivity index is 1.49. The number of piperidine rings is 1. The zero-order chi connectivity index (χ0) is 16.2. The van der Waals surface area contributed by atoms with E-state index in [9.17, 15) is 9.90 Å². The number of likely N-dealkylation sites (tertiary alicyclic amines) is 1. The maximum atomic E-state index is 12.4. The second kappa shape index (κ2) is 7.21. The lowest BCUT2D eigenvalue weighted by atomic mass is 10.0. The number of amides is 1. The highest BCUT2D eigenvalue weighted by Gasteiger charge is 2.25. The summed E-state index contributed by atoms with van der Waals surface area (Å²) in [4.78, 5) is 18.9. The summed E-state index contributed by atoms with van der Waals surface area (Å²) in [6, 6.07) is 7.46. The number of phenolic OH excluding ortho intramolecular Hbond substituents is 1. The summed E-state index contributed by atoms with van der Waals surface area (Å²) in [5, 5.41) is 9.95. The molecule has 1 aromatic rings. The second-order valence-corrected chi connectivity index (χ2v) is 6.84. The van der Waals surface area contributed by atoms with Crippen LogP contribution in [0.25, 0.3) is 0 Å². The van der Waals surface area contributed by atoms with Gasteiger partial charge in [0.25, 0.3) is 0 Å². The Hall–Kier alpha value is -1.75. The van der Waals surface area contributed by atoms with Crippen LogP contribution in [0.4, 0.5) is 5.69 Å². The van der Waals surface area contributed by atoms with Gasteiger partial charge in [0, 0.05) is 39.3 Å². The largest absolute Gasteiger partial charge is 0.506 e. The molecule has 1 atom stereocenters. The van der Waals surface area contributed by atoms with Crippen LogP contribution in [-0.2, 0) is 4.79 Å². The molecule has 2 heterocycles. The van der Waals surface area contributed by atoms with Gasteiger partial charge in [-0.15, -0.1) is 0 Å². The molecular formula is C18H27N3O2. The number of hydrogen-bond acceptors (Lipinski definition) is 4. The van der Waals surface area contributed by atoms with Crippen molar-refractivity contribution in [3.63, 3.8) is 0 Å². The van der Waals surface area contributed by atoms with Gasteiger partial charge in [0.2, 0.25) is 5.91 Å². The molecule has 1 aromatic carbocycles. The number of carbonyl (C=O) groups excluding carboxylic acids is 1. The van der Waals surface area contributed by atoms with E-state index in [0.717, 1.165) is 51.4 Å². The van der Waals surface area contributed by atoms with E-state index >= 15 is 0 Å². The third kappa shape index (κ3) is 3.96. The number of anilines is 1. The lowest BCUT2D eigenvalue weighted by Gasteiger charge is -2.37. The molecule has 0 radical (unpaired) electrons. The molecule has 1 amide bonds. The van der Waals surface area contributed by atoms with Crippen molar-refractivity contribution in [1.29, 1.82) is 0 Å². The number of nitrogens with zero attached hydrogens (tertiary/aromatic N) is 3. The Labute approximate surface area is 138 Å². The first-order chi connectivity index (χ1) is 11.1. The zero-order valence-corrected chi connectivity index (χ0v) is 13.9. The number of aromatic hydroxyl groups is 1. The molecule has 5 nitrogen and oxygen atoms in total.